The van der Waals surface area contributed by atoms with Gasteiger partial charge in [-0.25, -0.2) is 9.48 Å². The topological polar surface area (TPSA) is 64.3 Å². The third kappa shape index (κ3) is 4.21. The van der Waals surface area contributed by atoms with Crippen molar-refractivity contribution in [1.82, 2.24) is 9.78 Å². The molecular weight excluding hydrogens is 316 g/mol. The summed E-state index contributed by atoms with van der Waals surface area (Å²) in [6, 6.07) is 9.93. The Labute approximate surface area is 148 Å². The summed E-state index contributed by atoms with van der Waals surface area (Å²) in [5.74, 6) is 0.192. The number of benzene rings is 1. The summed E-state index contributed by atoms with van der Waals surface area (Å²) in [5.41, 5.74) is 1.88. The molecule has 1 aliphatic carbocycles. The van der Waals surface area contributed by atoms with Gasteiger partial charge >= 0.3 is 5.97 Å². The van der Waals surface area contributed by atoms with Crippen molar-refractivity contribution in [1.29, 1.82) is 0 Å². The number of nitrogens with zero attached hydrogens (tertiary/aromatic N) is 2. The normalized spacial score (nSPS) is 15.2. The highest BCUT2D eigenvalue weighted by Gasteiger charge is 2.25. The highest BCUT2D eigenvalue weighted by Crippen LogP contribution is 2.30. The number of carboxylic acid groups (broad SMARTS) is 1. The Morgan fingerprint density at radius 3 is 2.60 bits per heavy atom. The number of rotatable bonds is 7. The van der Waals surface area contributed by atoms with Crippen LogP contribution >= 0.6 is 0 Å². The predicted octanol–water partition coefficient (Wildman–Crippen LogP) is 4.30. The van der Waals surface area contributed by atoms with Crippen LogP contribution < -0.4 is 4.74 Å². The van der Waals surface area contributed by atoms with E-state index in [-0.39, 0.29) is 5.69 Å². The molecule has 1 N–H and O–H groups in total. The van der Waals surface area contributed by atoms with E-state index in [1.807, 2.05) is 37.3 Å². The fourth-order valence-corrected chi connectivity index (χ4v) is 3.60. The Balaban J connectivity index is 1.85. The fraction of sp³-hybridized carbons (Fsp3) is 0.500. The van der Waals surface area contributed by atoms with Crippen molar-refractivity contribution in [2.45, 2.75) is 58.6 Å². The van der Waals surface area contributed by atoms with Crippen LogP contribution in [0.2, 0.25) is 0 Å². The van der Waals surface area contributed by atoms with E-state index in [0.717, 1.165) is 12.1 Å². The summed E-state index contributed by atoms with van der Waals surface area (Å²) in [6.45, 7) is 3.11. The Morgan fingerprint density at radius 1 is 1.24 bits per heavy atom. The molecule has 25 heavy (non-hydrogen) atoms. The molecule has 1 heterocycles. The van der Waals surface area contributed by atoms with E-state index in [9.17, 15) is 9.90 Å². The quantitative estimate of drug-likeness (QED) is 0.814. The molecular formula is C20H26N2O3. The Morgan fingerprint density at radius 2 is 1.96 bits per heavy atom. The lowest BCUT2D eigenvalue weighted by Crippen LogP contribution is -2.16. The summed E-state index contributed by atoms with van der Waals surface area (Å²) in [5, 5.41) is 13.9. The van der Waals surface area contributed by atoms with Crippen molar-refractivity contribution < 1.29 is 14.6 Å². The van der Waals surface area contributed by atoms with E-state index in [2.05, 4.69) is 5.10 Å². The number of hydrogen-bond donors (Lipinski definition) is 1. The second kappa shape index (κ2) is 8.19. The Bertz CT molecular complexity index is 703. The molecule has 0 radical (unpaired) electrons. The van der Waals surface area contributed by atoms with Crippen molar-refractivity contribution in [3.63, 3.8) is 0 Å². The molecule has 0 unspecified atom stereocenters. The van der Waals surface area contributed by atoms with Gasteiger partial charge in [0.2, 0.25) is 5.88 Å². The molecule has 0 amide bonds. The second-order valence-electron chi connectivity index (χ2n) is 6.75. The monoisotopic (exact) mass is 342 g/mol. The third-order valence-corrected chi connectivity index (χ3v) is 4.93. The summed E-state index contributed by atoms with van der Waals surface area (Å²) in [6.07, 6.45) is 6.75. The van der Waals surface area contributed by atoms with E-state index in [4.69, 9.17) is 4.74 Å². The van der Waals surface area contributed by atoms with Gasteiger partial charge in [-0.3, -0.25) is 0 Å². The predicted molar refractivity (Wildman–Crippen MR) is 95.9 cm³/mol. The van der Waals surface area contributed by atoms with Gasteiger partial charge < -0.3 is 9.84 Å². The van der Waals surface area contributed by atoms with Gasteiger partial charge in [0.25, 0.3) is 0 Å². The average Bonchev–Trinajstić information content (AvgIpc) is 2.99. The van der Waals surface area contributed by atoms with Crippen molar-refractivity contribution >= 4 is 5.97 Å². The molecule has 1 aromatic heterocycles. The average molecular weight is 342 g/mol. The maximum absolute atomic E-state index is 11.6. The van der Waals surface area contributed by atoms with Crippen molar-refractivity contribution in [2.24, 2.45) is 5.92 Å². The zero-order valence-corrected chi connectivity index (χ0v) is 14.8. The van der Waals surface area contributed by atoms with Crippen LogP contribution in [0.3, 0.4) is 0 Å². The standard InChI is InChI=1S/C20H26N2O3/c1-2-17-18(20(23)24)21-22(13-15-9-5-3-6-10-15)19(17)25-14-16-11-7-4-8-12-16/h4,7-8,11-12,15H,2-3,5-6,9-10,13-14H2,1H3,(H,23,24). The molecule has 2 aromatic rings. The highest BCUT2D eigenvalue weighted by atomic mass is 16.5. The smallest absolute Gasteiger partial charge is 0.356 e. The molecule has 1 aromatic carbocycles. The molecule has 0 aliphatic heterocycles. The Kier molecular flexibility index (Phi) is 5.74. The molecule has 134 valence electrons. The summed E-state index contributed by atoms with van der Waals surface area (Å²) in [4.78, 5) is 11.6. The van der Waals surface area contributed by atoms with E-state index in [1.54, 1.807) is 4.68 Å². The summed E-state index contributed by atoms with van der Waals surface area (Å²) >= 11 is 0. The van der Waals surface area contributed by atoms with Crippen molar-refractivity contribution in [3.05, 3.63) is 47.2 Å². The van der Waals surface area contributed by atoms with Crippen LogP contribution in [-0.4, -0.2) is 20.9 Å². The molecule has 1 aliphatic rings. The first-order valence-corrected chi connectivity index (χ1v) is 9.18. The van der Waals surface area contributed by atoms with Crippen molar-refractivity contribution in [3.8, 4) is 5.88 Å². The van der Waals surface area contributed by atoms with Gasteiger partial charge in [-0.05, 0) is 30.7 Å². The van der Waals surface area contributed by atoms with Crippen molar-refractivity contribution in [2.75, 3.05) is 0 Å². The fourth-order valence-electron chi connectivity index (χ4n) is 3.60. The molecule has 0 atom stereocenters. The van der Waals surface area contributed by atoms with Gasteiger partial charge in [0.1, 0.15) is 6.61 Å². The number of carbonyl (C=O) groups is 1. The zero-order chi connectivity index (χ0) is 17.6. The van der Waals surface area contributed by atoms with Crippen LogP contribution in [-0.2, 0) is 19.6 Å². The van der Waals surface area contributed by atoms with E-state index in [1.165, 1.54) is 32.1 Å². The van der Waals surface area contributed by atoms with Gasteiger partial charge in [0.05, 0.1) is 0 Å². The Hall–Kier alpha value is -2.30. The van der Waals surface area contributed by atoms with Crippen LogP contribution in [0.15, 0.2) is 30.3 Å². The maximum atomic E-state index is 11.6. The molecule has 0 bridgehead atoms. The molecule has 1 fully saturated rings. The van der Waals surface area contributed by atoms with Crippen LogP contribution in [0, 0.1) is 5.92 Å². The minimum absolute atomic E-state index is 0.126. The summed E-state index contributed by atoms with van der Waals surface area (Å²) < 4.78 is 7.85. The minimum Gasteiger partial charge on any atom is -0.476 e. The number of aromatic nitrogens is 2. The van der Waals surface area contributed by atoms with E-state index < -0.39 is 5.97 Å². The lowest BCUT2D eigenvalue weighted by Gasteiger charge is -2.22. The van der Waals surface area contributed by atoms with Gasteiger partial charge in [0.15, 0.2) is 5.69 Å². The first-order valence-electron chi connectivity index (χ1n) is 9.18. The number of ether oxygens (including phenoxy) is 1. The largest absolute Gasteiger partial charge is 0.476 e. The van der Waals surface area contributed by atoms with E-state index >= 15 is 0 Å². The SMILES string of the molecule is CCc1c(C(=O)O)nn(CC2CCCCC2)c1OCc1ccccc1. The molecule has 3 rings (SSSR count). The number of aromatic carboxylic acids is 1. The molecule has 5 nitrogen and oxygen atoms in total. The van der Waals surface area contributed by atoms with E-state index in [0.29, 0.717) is 30.4 Å². The minimum atomic E-state index is -0.983. The second-order valence-corrected chi connectivity index (χ2v) is 6.75. The molecule has 0 saturated heterocycles. The third-order valence-electron chi connectivity index (χ3n) is 4.93. The zero-order valence-electron chi connectivity index (χ0n) is 14.8. The lowest BCUT2D eigenvalue weighted by molar-refractivity contribution is 0.0688. The number of hydrogen-bond acceptors (Lipinski definition) is 3. The summed E-state index contributed by atoms with van der Waals surface area (Å²) in [7, 11) is 0. The number of carboxylic acids is 1. The maximum Gasteiger partial charge on any atom is 0.356 e. The van der Waals surface area contributed by atoms with Gasteiger partial charge in [-0.1, -0.05) is 56.5 Å². The molecule has 0 spiro atoms. The van der Waals surface area contributed by atoms with Gasteiger partial charge in [-0.15, -0.1) is 0 Å². The van der Waals surface area contributed by atoms with Crippen LogP contribution in [0.4, 0.5) is 0 Å². The van der Waals surface area contributed by atoms with Crippen LogP contribution in [0.25, 0.3) is 0 Å². The molecule has 1 saturated carbocycles. The first kappa shape index (κ1) is 17.5. The lowest BCUT2D eigenvalue weighted by atomic mass is 9.89. The first-order chi connectivity index (χ1) is 12.2. The van der Waals surface area contributed by atoms with Crippen LogP contribution in [0.1, 0.15) is 60.6 Å². The van der Waals surface area contributed by atoms with Crippen LogP contribution in [0.5, 0.6) is 5.88 Å². The van der Waals surface area contributed by atoms with Gasteiger partial charge in [-0.2, -0.15) is 5.10 Å². The molecule has 5 heteroatoms. The van der Waals surface area contributed by atoms with Gasteiger partial charge in [0, 0.05) is 12.1 Å². The highest BCUT2D eigenvalue weighted by molar-refractivity contribution is 5.87.